The quantitative estimate of drug-likeness (QED) is 0.917. The van der Waals surface area contributed by atoms with Crippen LogP contribution in [0.2, 0.25) is 0 Å². The first kappa shape index (κ1) is 16.8. The Balaban J connectivity index is 1.49. The third-order valence-corrected chi connectivity index (χ3v) is 5.38. The van der Waals surface area contributed by atoms with E-state index in [1.807, 2.05) is 53.1 Å². The predicted molar refractivity (Wildman–Crippen MR) is 95.3 cm³/mol. The van der Waals surface area contributed by atoms with E-state index in [2.05, 4.69) is 5.32 Å². The molecule has 1 aliphatic heterocycles. The van der Waals surface area contributed by atoms with Gasteiger partial charge in [0, 0.05) is 25.4 Å². The summed E-state index contributed by atoms with van der Waals surface area (Å²) in [7, 11) is 1.64. The number of ether oxygens (including phenoxy) is 1. The van der Waals surface area contributed by atoms with E-state index < -0.39 is 0 Å². The van der Waals surface area contributed by atoms with Gasteiger partial charge in [-0.05, 0) is 36.2 Å². The van der Waals surface area contributed by atoms with Crippen LogP contribution in [0.4, 0.5) is 4.79 Å². The van der Waals surface area contributed by atoms with Crippen molar-refractivity contribution in [1.82, 2.24) is 10.2 Å². The van der Waals surface area contributed by atoms with Crippen LogP contribution < -0.4 is 10.1 Å². The SMILES string of the molecule is COc1ccc(CNC(=O)N2CCS[C@@H](c3ccco3)CC2)cc1. The zero-order valence-electron chi connectivity index (χ0n) is 13.7. The molecule has 1 saturated heterocycles. The predicted octanol–water partition coefficient (Wildman–Crippen LogP) is 3.68. The molecule has 1 aromatic carbocycles. The van der Waals surface area contributed by atoms with Crippen LogP contribution in [0, 0.1) is 0 Å². The highest BCUT2D eigenvalue weighted by Crippen LogP contribution is 2.34. The highest BCUT2D eigenvalue weighted by atomic mass is 32.2. The minimum absolute atomic E-state index is 0.00786. The van der Waals surface area contributed by atoms with Crippen molar-refractivity contribution in [2.45, 2.75) is 18.2 Å². The first-order valence-corrected chi connectivity index (χ1v) is 9.12. The Kier molecular flexibility index (Phi) is 5.69. The summed E-state index contributed by atoms with van der Waals surface area (Å²) in [6.07, 6.45) is 2.62. The van der Waals surface area contributed by atoms with E-state index in [1.54, 1.807) is 13.4 Å². The van der Waals surface area contributed by atoms with Crippen LogP contribution in [0.3, 0.4) is 0 Å². The second-order valence-electron chi connectivity index (χ2n) is 5.66. The van der Waals surface area contributed by atoms with Crippen molar-refractivity contribution in [2.75, 3.05) is 26.0 Å². The van der Waals surface area contributed by atoms with Crippen LogP contribution >= 0.6 is 11.8 Å². The number of urea groups is 1. The highest BCUT2D eigenvalue weighted by molar-refractivity contribution is 7.99. The van der Waals surface area contributed by atoms with Crippen molar-refractivity contribution >= 4 is 17.8 Å². The topological polar surface area (TPSA) is 54.7 Å². The lowest BCUT2D eigenvalue weighted by Crippen LogP contribution is -2.40. The maximum atomic E-state index is 12.4. The molecule has 5 nitrogen and oxygen atoms in total. The largest absolute Gasteiger partial charge is 0.497 e. The second kappa shape index (κ2) is 8.15. The van der Waals surface area contributed by atoms with Crippen LogP contribution in [0.5, 0.6) is 5.75 Å². The Bertz CT molecular complexity index is 643. The molecule has 1 aliphatic rings. The normalized spacial score (nSPS) is 18.0. The molecule has 0 spiro atoms. The number of nitrogens with zero attached hydrogens (tertiary/aromatic N) is 1. The fraction of sp³-hybridized carbons (Fsp3) is 0.389. The molecule has 3 rings (SSSR count). The van der Waals surface area contributed by atoms with Gasteiger partial charge in [0.15, 0.2) is 0 Å². The van der Waals surface area contributed by atoms with E-state index in [4.69, 9.17) is 9.15 Å². The number of thioether (sulfide) groups is 1. The van der Waals surface area contributed by atoms with Gasteiger partial charge >= 0.3 is 6.03 Å². The molecule has 0 saturated carbocycles. The number of amides is 2. The lowest BCUT2D eigenvalue weighted by molar-refractivity contribution is 0.200. The molecule has 1 N–H and O–H groups in total. The number of hydrogen-bond donors (Lipinski definition) is 1. The van der Waals surface area contributed by atoms with Gasteiger partial charge in [0.2, 0.25) is 0 Å². The summed E-state index contributed by atoms with van der Waals surface area (Å²) in [5, 5.41) is 3.33. The number of hydrogen-bond acceptors (Lipinski definition) is 4. The van der Waals surface area contributed by atoms with Crippen LogP contribution in [-0.4, -0.2) is 36.9 Å². The van der Waals surface area contributed by atoms with Gasteiger partial charge in [-0.2, -0.15) is 0 Å². The van der Waals surface area contributed by atoms with E-state index in [0.717, 1.165) is 42.3 Å². The number of methoxy groups -OCH3 is 1. The number of benzene rings is 1. The average molecular weight is 346 g/mol. The molecule has 2 heterocycles. The number of rotatable bonds is 4. The molecule has 2 aromatic rings. The zero-order valence-corrected chi connectivity index (χ0v) is 14.6. The summed E-state index contributed by atoms with van der Waals surface area (Å²) in [5.74, 6) is 2.74. The summed E-state index contributed by atoms with van der Waals surface area (Å²) in [4.78, 5) is 14.3. The van der Waals surface area contributed by atoms with E-state index in [9.17, 15) is 4.79 Å². The van der Waals surface area contributed by atoms with Gasteiger partial charge in [-0.25, -0.2) is 4.79 Å². The van der Waals surface area contributed by atoms with Crippen molar-refractivity contribution in [1.29, 1.82) is 0 Å². The van der Waals surface area contributed by atoms with Gasteiger partial charge in [0.1, 0.15) is 11.5 Å². The first-order valence-electron chi connectivity index (χ1n) is 8.07. The summed E-state index contributed by atoms with van der Waals surface area (Å²) in [5.41, 5.74) is 1.06. The number of furan rings is 1. The van der Waals surface area contributed by atoms with E-state index in [1.165, 1.54) is 0 Å². The van der Waals surface area contributed by atoms with Crippen molar-refractivity contribution in [2.24, 2.45) is 0 Å². The van der Waals surface area contributed by atoms with Crippen LogP contribution in [-0.2, 0) is 6.54 Å². The Morgan fingerprint density at radius 1 is 1.33 bits per heavy atom. The molecular formula is C18H22N2O3S. The summed E-state index contributed by atoms with van der Waals surface area (Å²) < 4.78 is 10.6. The smallest absolute Gasteiger partial charge is 0.317 e. The molecule has 1 fully saturated rings. The third kappa shape index (κ3) is 4.26. The molecular weight excluding hydrogens is 324 g/mol. The fourth-order valence-corrected chi connectivity index (χ4v) is 3.89. The van der Waals surface area contributed by atoms with Gasteiger partial charge in [-0.3, -0.25) is 0 Å². The Hall–Kier alpha value is -2.08. The van der Waals surface area contributed by atoms with E-state index >= 15 is 0 Å². The van der Waals surface area contributed by atoms with Gasteiger partial charge < -0.3 is 19.4 Å². The molecule has 24 heavy (non-hydrogen) atoms. The van der Waals surface area contributed by atoms with Crippen LogP contribution in [0.1, 0.15) is 23.0 Å². The molecule has 0 aliphatic carbocycles. The highest BCUT2D eigenvalue weighted by Gasteiger charge is 2.23. The average Bonchev–Trinajstić information content (AvgIpc) is 3.04. The number of nitrogens with one attached hydrogen (secondary N) is 1. The van der Waals surface area contributed by atoms with E-state index in [-0.39, 0.29) is 6.03 Å². The molecule has 0 radical (unpaired) electrons. The molecule has 1 atom stereocenters. The van der Waals surface area contributed by atoms with Gasteiger partial charge in [0.05, 0.1) is 18.6 Å². The molecule has 128 valence electrons. The Morgan fingerprint density at radius 2 is 2.17 bits per heavy atom. The molecule has 2 amide bonds. The van der Waals surface area contributed by atoms with Gasteiger partial charge in [-0.1, -0.05) is 12.1 Å². The molecule has 0 unspecified atom stereocenters. The van der Waals surface area contributed by atoms with Gasteiger partial charge in [-0.15, -0.1) is 11.8 Å². The summed E-state index contributed by atoms with van der Waals surface area (Å²) in [6.45, 7) is 2.03. The van der Waals surface area contributed by atoms with Crippen molar-refractivity contribution in [3.05, 3.63) is 54.0 Å². The van der Waals surface area contributed by atoms with Crippen molar-refractivity contribution in [3.8, 4) is 5.75 Å². The van der Waals surface area contributed by atoms with Crippen molar-refractivity contribution in [3.63, 3.8) is 0 Å². The Labute approximate surface area is 146 Å². The molecule has 6 heteroatoms. The second-order valence-corrected chi connectivity index (χ2v) is 6.97. The fourth-order valence-electron chi connectivity index (χ4n) is 2.71. The van der Waals surface area contributed by atoms with Crippen molar-refractivity contribution < 1.29 is 13.9 Å². The monoisotopic (exact) mass is 346 g/mol. The minimum Gasteiger partial charge on any atom is -0.497 e. The van der Waals surface area contributed by atoms with Gasteiger partial charge in [0.25, 0.3) is 0 Å². The summed E-state index contributed by atoms with van der Waals surface area (Å²) in [6, 6.07) is 11.6. The maximum absolute atomic E-state index is 12.4. The maximum Gasteiger partial charge on any atom is 0.317 e. The lowest BCUT2D eigenvalue weighted by Gasteiger charge is -2.20. The standard InChI is InChI=1S/C18H22N2O3S/c1-22-15-6-4-14(5-7-15)13-19-18(21)20-9-8-17(24-12-10-20)16-3-2-11-23-16/h2-7,11,17H,8-10,12-13H2,1H3,(H,19,21)/t17-/m1/s1. The number of carbonyl (C=O) groups excluding carboxylic acids is 1. The number of carbonyl (C=O) groups is 1. The minimum atomic E-state index is -0.00786. The zero-order chi connectivity index (χ0) is 16.8. The summed E-state index contributed by atoms with van der Waals surface area (Å²) >= 11 is 1.85. The van der Waals surface area contributed by atoms with Crippen LogP contribution in [0.15, 0.2) is 47.1 Å². The Morgan fingerprint density at radius 3 is 2.88 bits per heavy atom. The third-order valence-electron chi connectivity index (χ3n) is 4.09. The molecule has 0 bridgehead atoms. The first-order chi connectivity index (χ1) is 11.8. The van der Waals surface area contributed by atoms with E-state index in [0.29, 0.717) is 11.8 Å². The lowest BCUT2D eigenvalue weighted by atomic mass is 10.2. The van der Waals surface area contributed by atoms with Crippen LogP contribution in [0.25, 0.3) is 0 Å². The molecule has 1 aromatic heterocycles.